The first kappa shape index (κ1) is 13.0. The van der Waals surface area contributed by atoms with Crippen LogP contribution >= 0.6 is 0 Å². The van der Waals surface area contributed by atoms with Gasteiger partial charge < -0.3 is 10.6 Å². The standard InChI is InChI=1S/C13H16F2N2O/c14-10-4-3-5-11(15)9(10)8-17-13(18)12-6-1-2-7-16-12/h3-5,12,16H,1-2,6-8H2,(H,17,18). The van der Waals surface area contributed by atoms with Gasteiger partial charge in [-0.25, -0.2) is 8.78 Å². The van der Waals surface area contributed by atoms with Gasteiger partial charge in [-0.15, -0.1) is 0 Å². The molecule has 1 aromatic rings. The predicted molar refractivity (Wildman–Crippen MR) is 63.8 cm³/mol. The number of amides is 1. The van der Waals surface area contributed by atoms with E-state index in [2.05, 4.69) is 10.6 Å². The largest absolute Gasteiger partial charge is 0.350 e. The highest BCUT2D eigenvalue weighted by atomic mass is 19.1. The maximum Gasteiger partial charge on any atom is 0.237 e. The van der Waals surface area contributed by atoms with Crippen molar-refractivity contribution in [3.05, 3.63) is 35.4 Å². The minimum atomic E-state index is -0.632. The van der Waals surface area contributed by atoms with Crippen molar-refractivity contribution >= 4 is 5.91 Å². The molecule has 1 aromatic carbocycles. The van der Waals surface area contributed by atoms with Crippen molar-refractivity contribution in [1.82, 2.24) is 10.6 Å². The zero-order valence-corrected chi connectivity index (χ0v) is 10.0. The maximum absolute atomic E-state index is 13.3. The van der Waals surface area contributed by atoms with Crippen LogP contribution in [-0.2, 0) is 11.3 Å². The highest BCUT2D eigenvalue weighted by Gasteiger charge is 2.20. The van der Waals surface area contributed by atoms with Gasteiger partial charge in [-0.1, -0.05) is 12.5 Å². The molecule has 1 aliphatic rings. The van der Waals surface area contributed by atoms with Crippen LogP contribution in [0.5, 0.6) is 0 Å². The molecular weight excluding hydrogens is 238 g/mol. The summed E-state index contributed by atoms with van der Waals surface area (Å²) in [6.07, 6.45) is 2.83. The van der Waals surface area contributed by atoms with Crippen molar-refractivity contribution in [2.75, 3.05) is 6.54 Å². The summed E-state index contributed by atoms with van der Waals surface area (Å²) in [4.78, 5) is 11.8. The van der Waals surface area contributed by atoms with E-state index in [0.717, 1.165) is 25.8 Å². The van der Waals surface area contributed by atoms with Crippen LogP contribution in [0.25, 0.3) is 0 Å². The Labute approximate surface area is 105 Å². The fraction of sp³-hybridized carbons (Fsp3) is 0.462. The minimum absolute atomic E-state index is 0.0957. The Kier molecular flexibility index (Phi) is 4.25. The van der Waals surface area contributed by atoms with E-state index in [4.69, 9.17) is 0 Å². The summed E-state index contributed by atoms with van der Waals surface area (Å²) in [5.74, 6) is -1.46. The van der Waals surface area contributed by atoms with Crippen LogP contribution in [0.1, 0.15) is 24.8 Å². The van der Waals surface area contributed by atoms with Gasteiger partial charge in [0, 0.05) is 12.1 Å². The van der Waals surface area contributed by atoms with Crippen LogP contribution in [0, 0.1) is 11.6 Å². The fourth-order valence-electron chi connectivity index (χ4n) is 2.08. The van der Waals surface area contributed by atoms with Crippen molar-refractivity contribution in [3.63, 3.8) is 0 Å². The lowest BCUT2D eigenvalue weighted by Gasteiger charge is -2.22. The van der Waals surface area contributed by atoms with Gasteiger partial charge >= 0.3 is 0 Å². The molecule has 2 N–H and O–H groups in total. The second kappa shape index (κ2) is 5.91. The molecule has 0 spiro atoms. The summed E-state index contributed by atoms with van der Waals surface area (Å²) in [5, 5.41) is 5.65. The molecule has 5 heteroatoms. The maximum atomic E-state index is 13.3. The molecule has 0 saturated carbocycles. The van der Waals surface area contributed by atoms with Gasteiger partial charge in [-0.05, 0) is 31.5 Å². The SMILES string of the molecule is O=C(NCc1c(F)cccc1F)C1CCCCN1. The van der Waals surface area contributed by atoms with Crippen LogP contribution in [0.4, 0.5) is 8.78 Å². The molecule has 1 heterocycles. The van der Waals surface area contributed by atoms with E-state index in [0.29, 0.717) is 0 Å². The molecule has 1 amide bonds. The molecule has 0 radical (unpaired) electrons. The lowest BCUT2D eigenvalue weighted by atomic mass is 10.0. The zero-order valence-electron chi connectivity index (χ0n) is 10.0. The van der Waals surface area contributed by atoms with Gasteiger partial charge in [0.05, 0.1) is 6.04 Å². The zero-order chi connectivity index (χ0) is 13.0. The highest BCUT2D eigenvalue weighted by Crippen LogP contribution is 2.12. The smallest absolute Gasteiger partial charge is 0.237 e. The quantitative estimate of drug-likeness (QED) is 0.862. The predicted octanol–water partition coefficient (Wildman–Crippen LogP) is 1.72. The molecule has 98 valence electrons. The summed E-state index contributed by atoms with van der Waals surface area (Å²) in [6.45, 7) is 0.696. The summed E-state index contributed by atoms with van der Waals surface area (Å²) in [5.41, 5.74) is -0.0957. The summed E-state index contributed by atoms with van der Waals surface area (Å²) >= 11 is 0. The van der Waals surface area contributed by atoms with Crippen LogP contribution < -0.4 is 10.6 Å². The Hall–Kier alpha value is -1.49. The number of hydrogen-bond acceptors (Lipinski definition) is 2. The number of piperidine rings is 1. The van der Waals surface area contributed by atoms with Crippen molar-refractivity contribution in [2.45, 2.75) is 31.8 Å². The molecule has 0 aliphatic carbocycles. The number of carbonyl (C=O) groups is 1. The summed E-state index contributed by atoms with van der Waals surface area (Å²) < 4.78 is 26.7. The lowest BCUT2D eigenvalue weighted by molar-refractivity contribution is -0.123. The van der Waals surface area contributed by atoms with Gasteiger partial charge in [0.2, 0.25) is 5.91 Å². The van der Waals surface area contributed by atoms with Gasteiger partial charge in [0.15, 0.2) is 0 Å². The molecule has 1 unspecified atom stereocenters. The second-order valence-electron chi connectivity index (χ2n) is 4.42. The second-order valence-corrected chi connectivity index (χ2v) is 4.42. The molecule has 1 saturated heterocycles. The molecule has 0 bridgehead atoms. The number of benzene rings is 1. The Balaban J connectivity index is 1.92. The molecule has 2 rings (SSSR count). The van der Waals surface area contributed by atoms with Crippen molar-refractivity contribution in [2.24, 2.45) is 0 Å². The molecular formula is C13H16F2N2O. The average Bonchev–Trinajstić information content (AvgIpc) is 2.39. The van der Waals surface area contributed by atoms with Crippen LogP contribution in [0.3, 0.4) is 0 Å². The third kappa shape index (κ3) is 3.04. The minimum Gasteiger partial charge on any atom is -0.350 e. The fourth-order valence-corrected chi connectivity index (χ4v) is 2.08. The topological polar surface area (TPSA) is 41.1 Å². The first-order chi connectivity index (χ1) is 8.68. The van der Waals surface area contributed by atoms with E-state index < -0.39 is 11.6 Å². The summed E-state index contributed by atoms with van der Waals surface area (Å²) in [7, 11) is 0. The number of hydrogen-bond donors (Lipinski definition) is 2. The van der Waals surface area contributed by atoms with E-state index in [-0.39, 0.29) is 24.1 Å². The van der Waals surface area contributed by atoms with Gasteiger partial charge in [0.25, 0.3) is 0 Å². The summed E-state index contributed by atoms with van der Waals surface area (Å²) in [6, 6.07) is 3.43. The van der Waals surface area contributed by atoms with Gasteiger partial charge in [0.1, 0.15) is 11.6 Å². The monoisotopic (exact) mass is 254 g/mol. The molecule has 0 aromatic heterocycles. The van der Waals surface area contributed by atoms with E-state index in [1.807, 2.05) is 0 Å². The average molecular weight is 254 g/mol. The molecule has 3 nitrogen and oxygen atoms in total. The Morgan fingerprint density at radius 3 is 2.67 bits per heavy atom. The first-order valence-electron chi connectivity index (χ1n) is 6.12. The van der Waals surface area contributed by atoms with Crippen LogP contribution in [0.2, 0.25) is 0 Å². The number of halogens is 2. The lowest BCUT2D eigenvalue weighted by Crippen LogP contribution is -2.46. The Morgan fingerprint density at radius 2 is 2.06 bits per heavy atom. The van der Waals surface area contributed by atoms with Crippen LogP contribution in [-0.4, -0.2) is 18.5 Å². The Bertz CT molecular complexity index is 411. The van der Waals surface area contributed by atoms with E-state index in [1.165, 1.54) is 18.2 Å². The van der Waals surface area contributed by atoms with E-state index in [1.54, 1.807) is 0 Å². The van der Waals surface area contributed by atoms with Crippen molar-refractivity contribution < 1.29 is 13.6 Å². The van der Waals surface area contributed by atoms with E-state index >= 15 is 0 Å². The number of nitrogens with one attached hydrogen (secondary N) is 2. The normalized spacial score (nSPS) is 19.6. The molecule has 1 atom stereocenters. The molecule has 1 fully saturated rings. The van der Waals surface area contributed by atoms with Crippen molar-refractivity contribution in [1.29, 1.82) is 0 Å². The van der Waals surface area contributed by atoms with Gasteiger partial charge in [-0.2, -0.15) is 0 Å². The van der Waals surface area contributed by atoms with Crippen LogP contribution in [0.15, 0.2) is 18.2 Å². The van der Waals surface area contributed by atoms with E-state index in [9.17, 15) is 13.6 Å². The molecule has 18 heavy (non-hydrogen) atoms. The number of carbonyl (C=O) groups excluding carboxylic acids is 1. The third-order valence-corrected chi connectivity index (χ3v) is 3.13. The number of rotatable bonds is 3. The highest BCUT2D eigenvalue weighted by molar-refractivity contribution is 5.81. The van der Waals surface area contributed by atoms with Gasteiger partial charge in [-0.3, -0.25) is 4.79 Å². The molecule has 1 aliphatic heterocycles. The van der Waals surface area contributed by atoms with Crippen molar-refractivity contribution in [3.8, 4) is 0 Å². The third-order valence-electron chi connectivity index (χ3n) is 3.13. The Morgan fingerprint density at radius 1 is 1.33 bits per heavy atom. The first-order valence-corrected chi connectivity index (χ1v) is 6.12.